The van der Waals surface area contributed by atoms with E-state index in [4.69, 9.17) is 9.47 Å². The van der Waals surface area contributed by atoms with Crippen molar-refractivity contribution in [1.29, 1.82) is 0 Å². The normalized spacial score (nSPS) is 11.4. The first-order chi connectivity index (χ1) is 10.6. The van der Waals surface area contributed by atoms with Gasteiger partial charge < -0.3 is 9.47 Å². The summed E-state index contributed by atoms with van der Waals surface area (Å²) in [6, 6.07) is 15.5. The standard InChI is InChI=1S/C19H25NO2/c1-4-19(3,5-2)15-21-14-16-10-9-13-18(20-16)22-17-11-7-6-8-12-17/h6-13H,4-5,14-15H2,1-3H3. The van der Waals surface area contributed by atoms with E-state index in [1.165, 1.54) is 0 Å². The minimum Gasteiger partial charge on any atom is -0.439 e. The quantitative estimate of drug-likeness (QED) is 0.670. The molecular weight excluding hydrogens is 274 g/mol. The second kappa shape index (κ2) is 7.95. The Morgan fingerprint density at radius 3 is 2.36 bits per heavy atom. The van der Waals surface area contributed by atoms with E-state index in [1.807, 2.05) is 48.5 Å². The van der Waals surface area contributed by atoms with Gasteiger partial charge in [-0.2, -0.15) is 0 Å². The average Bonchev–Trinajstić information content (AvgIpc) is 2.56. The van der Waals surface area contributed by atoms with Gasteiger partial charge in [0.2, 0.25) is 5.88 Å². The van der Waals surface area contributed by atoms with Crippen LogP contribution in [0.1, 0.15) is 39.3 Å². The Labute approximate surface area is 133 Å². The molecule has 0 saturated heterocycles. The molecule has 118 valence electrons. The van der Waals surface area contributed by atoms with Gasteiger partial charge in [0.05, 0.1) is 18.9 Å². The van der Waals surface area contributed by atoms with Crippen molar-refractivity contribution in [3.05, 3.63) is 54.2 Å². The molecule has 3 nitrogen and oxygen atoms in total. The first kappa shape index (κ1) is 16.5. The van der Waals surface area contributed by atoms with E-state index >= 15 is 0 Å². The van der Waals surface area contributed by atoms with Crippen LogP contribution in [0.25, 0.3) is 0 Å². The van der Waals surface area contributed by atoms with Crippen LogP contribution in [0.4, 0.5) is 0 Å². The molecule has 0 N–H and O–H groups in total. The van der Waals surface area contributed by atoms with Crippen LogP contribution >= 0.6 is 0 Å². The van der Waals surface area contributed by atoms with E-state index in [-0.39, 0.29) is 5.41 Å². The highest BCUT2D eigenvalue weighted by Crippen LogP contribution is 2.26. The van der Waals surface area contributed by atoms with Gasteiger partial charge in [-0.05, 0) is 36.5 Å². The highest BCUT2D eigenvalue weighted by molar-refractivity contribution is 5.27. The third-order valence-corrected chi connectivity index (χ3v) is 4.15. The van der Waals surface area contributed by atoms with Crippen LogP contribution in [-0.4, -0.2) is 11.6 Å². The summed E-state index contributed by atoms with van der Waals surface area (Å²) in [5, 5.41) is 0. The summed E-state index contributed by atoms with van der Waals surface area (Å²) >= 11 is 0. The molecule has 22 heavy (non-hydrogen) atoms. The number of nitrogens with zero attached hydrogens (tertiary/aromatic N) is 1. The van der Waals surface area contributed by atoms with E-state index < -0.39 is 0 Å². The predicted molar refractivity (Wildman–Crippen MR) is 89.1 cm³/mol. The average molecular weight is 299 g/mol. The summed E-state index contributed by atoms with van der Waals surface area (Å²) in [5.41, 5.74) is 1.14. The largest absolute Gasteiger partial charge is 0.439 e. The summed E-state index contributed by atoms with van der Waals surface area (Å²) < 4.78 is 11.6. The molecule has 0 aliphatic carbocycles. The van der Waals surface area contributed by atoms with E-state index in [9.17, 15) is 0 Å². The van der Waals surface area contributed by atoms with Gasteiger partial charge in [0.15, 0.2) is 0 Å². The third-order valence-electron chi connectivity index (χ3n) is 4.15. The second-order valence-electron chi connectivity index (χ2n) is 5.89. The molecule has 0 bridgehead atoms. The van der Waals surface area contributed by atoms with Crippen LogP contribution in [0, 0.1) is 5.41 Å². The fourth-order valence-electron chi connectivity index (χ4n) is 2.06. The van der Waals surface area contributed by atoms with Crippen molar-refractivity contribution in [3.63, 3.8) is 0 Å². The van der Waals surface area contributed by atoms with Crippen LogP contribution in [0.5, 0.6) is 11.6 Å². The Morgan fingerprint density at radius 2 is 1.68 bits per heavy atom. The SMILES string of the molecule is CCC(C)(CC)COCc1cccc(Oc2ccccc2)n1. The monoisotopic (exact) mass is 299 g/mol. The molecule has 0 spiro atoms. The lowest BCUT2D eigenvalue weighted by atomic mass is 9.86. The Kier molecular flexibility index (Phi) is 5.96. The molecule has 0 amide bonds. The first-order valence-corrected chi connectivity index (χ1v) is 7.92. The van der Waals surface area contributed by atoms with Crippen LogP contribution in [0.15, 0.2) is 48.5 Å². The van der Waals surface area contributed by atoms with Crippen LogP contribution in [0.3, 0.4) is 0 Å². The Morgan fingerprint density at radius 1 is 0.955 bits per heavy atom. The topological polar surface area (TPSA) is 31.4 Å². The number of para-hydroxylation sites is 1. The molecule has 2 aromatic rings. The van der Waals surface area contributed by atoms with Gasteiger partial charge in [0.1, 0.15) is 5.75 Å². The highest BCUT2D eigenvalue weighted by Gasteiger charge is 2.19. The van der Waals surface area contributed by atoms with Gasteiger partial charge in [-0.3, -0.25) is 0 Å². The Bertz CT molecular complexity index is 565. The molecule has 0 unspecified atom stereocenters. The molecular formula is C19H25NO2. The summed E-state index contributed by atoms with van der Waals surface area (Å²) in [4.78, 5) is 4.49. The fraction of sp³-hybridized carbons (Fsp3) is 0.421. The maximum absolute atomic E-state index is 5.85. The summed E-state index contributed by atoms with van der Waals surface area (Å²) in [5.74, 6) is 1.39. The van der Waals surface area contributed by atoms with Crippen molar-refractivity contribution in [1.82, 2.24) is 4.98 Å². The lowest BCUT2D eigenvalue weighted by Crippen LogP contribution is -2.21. The molecule has 0 atom stereocenters. The number of benzene rings is 1. The fourth-order valence-corrected chi connectivity index (χ4v) is 2.06. The number of ether oxygens (including phenoxy) is 2. The molecule has 1 heterocycles. The maximum atomic E-state index is 5.85. The van der Waals surface area contributed by atoms with Gasteiger partial charge in [0.25, 0.3) is 0 Å². The van der Waals surface area contributed by atoms with Crippen molar-refractivity contribution < 1.29 is 9.47 Å². The first-order valence-electron chi connectivity index (χ1n) is 7.92. The molecule has 1 aromatic heterocycles. The predicted octanol–water partition coefficient (Wildman–Crippen LogP) is 5.22. The minimum atomic E-state index is 0.248. The van der Waals surface area contributed by atoms with Crippen LogP contribution in [-0.2, 0) is 11.3 Å². The lowest BCUT2D eigenvalue weighted by molar-refractivity contribution is 0.0364. The second-order valence-corrected chi connectivity index (χ2v) is 5.89. The molecule has 2 rings (SSSR count). The van der Waals surface area contributed by atoms with E-state index in [0.29, 0.717) is 12.5 Å². The smallest absolute Gasteiger partial charge is 0.219 e. The van der Waals surface area contributed by atoms with Crippen molar-refractivity contribution in [2.75, 3.05) is 6.61 Å². The van der Waals surface area contributed by atoms with E-state index in [1.54, 1.807) is 0 Å². The van der Waals surface area contributed by atoms with Crippen molar-refractivity contribution in [2.24, 2.45) is 5.41 Å². The van der Waals surface area contributed by atoms with E-state index in [0.717, 1.165) is 30.9 Å². The molecule has 0 fully saturated rings. The maximum Gasteiger partial charge on any atom is 0.219 e. The number of hydrogen-bond donors (Lipinski definition) is 0. The van der Waals surface area contributed by atoms with Crippen LogP contribution in [0.2, 0.25) is 0 Å². The molecule has 0 radical (unpaired) electrons. The number of aromatic nitrogens is 1. The molecule has 1 aromatic carbocycles. The minimum absolute atomic E-state index is 0.248. The van der Waals surface area contributed by atoms with Crippen molar-refractivity contribution in [3.8, 4) is 11.6 Å². The Hall–Kier alpha value is -1.87. The van der Waals surface area contributed by atoms with Gasteiger partial charge in [-0.25, -0.2) is 4.98 Å². The molecule has 0 aliphatic heterocycles. The molecule has 0 aliphatic rings. The van der Waals surface area contributed by atoms with Crippen LogP contribution < -0.4 is 4.74 Å². The Balaban J connectivity index is 1.92. The van der Waals surface area contributed by atoms with Crippen molar-refractivity contribution >= 4 is 0 Å². The summed E-state index contributed by atoms with van der Waals surface area (Å²) in [6.07, 6.45) is 2.24. The van der Waals surface area contributed by atoms with Gasteiger partial charge in [0, 0.05) is 6.07 Å². The summed E-state index contributed by atoms with van der Waals surface area (Å²) in [6.45, 7) is 7.95. The number of pyridine rings is 1. The van der Waals surface area contributed by atoms with E-state index in [2.05, 4.69) is 25.8 Å². The van der Waals surface area contributed by atoms with Gasteiger partial charge in [-0.1, -0.05) is 45.0 Å². The number of hydrogen-bond acceptors (Lipinski definition) is 3. The van der Waals surface area contributed by atoms with Gasteiger partial charge in [-0.15, -0.1) is 0 Å². The highest BCUT2D eigenvalue weighted by atomic mass is 16.5. The van der Waals surface area contributed by atoms with Gasteiger partial charge >= 0.3 is 0 Å². The third kappa shape index (κ3) is 4.85. The molecule has 0 saturated carbocycles. The van der Waals surface area contributed by atoms with Crippen molar-refractivity contribution in [2.45, 2.75) is 40.2 Å². The molecule has 3 heteroatoms. The number of rotatable bonds is 8. The lowest BCUT2D eigenvalue weighted by Gasteiger charge is -2.26. The zero-order valence-corrected chi connectivity index (χ0v) is 13.7. The zero-order chi connectivity index (χ0) is 15.8. The summed E-state index contributed by atoms with van der Waals surface area (Å²) in [7, 11) is 0. The zero-order valence-electron chi connectivity index (χ0n) is 13.7.